The second kappa shape index (κ2) is 5.10. The van der Waals surface area contributed by atoms with Crippen LogP contribution in [-0.4, -0.2) is 14.8 Å². The molecular formula is C11H11Br2N3. The monoisotopic (exact) mass is 343 g/mol. The Kier molecular flexibility index (Phi) is 3.76. The lowest BCUT2D eigenvalue weighted by molar-refractivity contribution is 0.733. The van der Waals surface area contributed by atoms with E-state index in [9.17, 15) is 0 Å². The van der Waals surface area contributed by atoms with Crippen LogP contribution < -0.4 is 0 Å². The molecule has 0 saturated heterocycles. The van der Waals surface area contributed by atoms with E-state index in [2.05, 4.69) is 53.5 Å². The van der Waals surface area contributed by atoms with Gasteiger partial charge < -0.3 is 4.57 Å². The first-order valence-corrected chi connectivity index (χ1v) is 6.91. The van der Waals surface area contributed by atoms with Gasteiger partial charge >= 0.3 is 0 Å². The van der Waals surface area contributed by atoms with Crippen molar-refractivity contribution in [3.05, 3.63) is 34.6 Å². The second-order valence-corrected chi connectivity index (χ2v) is 4.80. The van der Waals surface area contributed by atoms with Gasteiger partial charge in [0.2, 0.25) is 0 Å². The van der Waals surface area contributed by atoms with Crippen LogP contribution in [-0.2, 0) is 11.9 Å². The molecule has 5 heteroatoms. The minimum absolute atomic E-state index is 0.727. The Morgan fingerprint density at radius 1 is 1.19 bits per heavy atom. The van der Waals surface area contributed by atoms with Crippen molar-refractivity contribution in [3.8, 4) is 11.4 Å². The maximum atomic E-state index is 4.23. The quantitative estimate of drug-likeness (QED) is 0.796. The van der Waals surface area contributed by atoms with Gasteiger partial charge in [-0.05, 0) is 19.1 Å². The first-order chi connectivity index (χ1) is 7.76. The minimum Gasteiger partial charge on any atom is -0.311 e. The van der Waals surface area contributed by atoms with E-state index in [-0.39, 0.29) is 0 Å². The summed E-state index contributed by atoms with van der Waals surface area (Å²) in [7, 11) is 0. The molecule has 0 aliphatic carbocycles. The molecule has 0 radical (unpaired) electrons. The molecule has 0 unspecified atom stereocenters. The molecule has 0 N–H and O–H groups in total. The predicted molar refractivity (Wildman–Crippen MR) is 71.5 cm³/mol. The lowest BCUT2D eigenvalue weighted by Crippen LogP contribution is -2.01. The summed E-state index contributed by atoms with van der Waals surface area (Å²) in [6, 6.07) is 8.10. The molecule has 16 heavy (non-hydrogen) atoms. The Morgan fingerprint density at radius 2 is 1.88 bits per heavy atom. The third-order valence-electron chi connectivity index (χ3n) is 2.37. The Hall–Kier alpha value is -0.680. The van der Waals surface area contributed by atoms with Crippen LogP contribution in [0.4, 0.5) is 0 Å². The average molecular weight is 345 g/mol. The number of hydrogen-bond donors (Lipinski definition) is 0. The molecule has 0 amide bonds. The van der Waals surface area contributed by atoms with Crippen LogP contribution in [0, 0.1) is 0 Å². The molecule has 0 aliphatic heterocycles. The molecule has 1 heterocycles. The number of halogens is 2. The molecule has 2 rings (SSSR count). The number of aromatic nitrogens is 3. The molecule has 1 aromatic heterocycles. The Morgan fingerprint density at radius 3 is 2.44 bits per heavy atom. The van der Waals surface area contributed by atoms with E-state index in [1.807, 2.05) is 24.3 Å². The highest BCUT2D eigenvalue weighted by Crippen LogP contribution is 2.21. The molecule has 2 aromatic rings. The summed E-state index contributed by atoms with van der Waals surface area (Å²) in [6.07, 6.45) is 0. The Bertz CT molecular complexity index is 476. The summed E-state index contributed by atoms with van der Waals surface area (Å²) in [5, 5.41) is 9.11. The van der Waals surface area contributed by atoms with Gasteiger partial charge in [0.15, 0.2) is 5.82 Å². The van der Waals surface area contributed by atoms with Gasteiger partial charge in [0.05, 0.1) is 5.33 Å². The fraction of sp³-hybridized carbons (Fsp3) is 0.273. The van der Waals surface area contributed by atoms with Crippen LogP contribution in [0.5, 0.6) is 0 Å². The van der Waals surface area contributed by atoms with E-state index in [1.54, 1.807) is 0 Å². The van der Waals surface area contributed by atoms with E-state index in [0.29, 0.717) is 0 Å². The molecule has 84 valence electrons. The summed E-state index contributed by atoms with van der Waals surface area (Å²) < 4.78 is 3.18. The van der Waals surface area contributed by atoms with Crippen LogP contribution in [0.15, 0.2) is 28.7 Å². The van der Waals surface area contributed by atoms with Crippen LogP contribution in [0.25, 0.3) is 11.4 Å². The molecule has 0 fully saturated rings. The lowest BCUT2D eigenvalue weighted by Gasteiger charge is -2.05. The molecular weight excluding hydrogens is 334 g/mol. The van der Waals surface area contributed by atoms with Gasteiger partial charge in [0.25, 0.3) is 0 Å². The average Bonchev–Trinajstić information content (AvgIpc) is 2.72. The second-order valence-electron chi connectivity index (χ2n) is 3.32. The van der Waals surface area contributed by atoms with Gasteiger partial charge in [-0.1, -0.05) is 44.0 Å². The van der Waals surface area contributed by atoms with E-state index < -0.39 is 0 Å². The summed E-state index contributed by atoms with van der Waals surface area (Å²) in [5.74, 6) is 1.88. The van der Waals surface area contributed by atoms with Crippen molar-refractivity contribution in [1.29, 1.82) is 0 Å². The van der Waals surface area contributed by atoms with Gasteiger partial charge in [0.1, 0.15) is 5.82 Å². The van der Waals surface area contributed by atoms with Crippen LogP contribution in [0.1, 0.15) is 12.7 Å². The summed E-state index contributed by atoms with van der Waals surface area (Å²) >= 11 is 6.84. The fourth-order valence-electron chi connectivity index (χ4n) is 1.58. The van der Waals surface area contributed by atoms with Crippen LogP contribution in [0.3, 0.4) is 0 Å². The van der Waals surface area contributed by atoms with Crippen LogP contribution in [0.2, 0.25) is 0 Å². The third kappa shape index (κ3) is 2.20. The highest BCUT2D eigenvalue weighted by molar-refractivity contribution is 9.10. The fourth-order valence-corrected chi connectivity index (χ4v) is 2.26. The number of hydrogen-bond acceptors (Lipinski definition) is 2. The molecule has 1 aromatic carbocycles. The Balaban J connectivity index is 2.47. The summed E-state index contributed by atoms with van der Waals surface area (Å²) in [5.41, 5.74) is 1.09. The summed E-state index contributed by atoms with van der Waals surface area (Å²) in [4.78, 5) is 0. The lowest BCUT2D eigenvalue weighted by atomic mass is 10.2. The van der Waals surface area contributed by atoms with E-state index in [4.69, 9.17) is 0 Å². The molecule has 0 spiro atoms. The zero-order chi connectivity index (χ0) is 11.5. The van der Waals surface area contributed by atoms with Crippen molar-refractivity contribution in [2.45, 2.75) is 18.8 Å². The first-order valence-electron chi connectivity index (χ1n) is 5.00. The van der Waals surface area contributed by atoms with Crippen molar-refractivity contribution in [1.82, 2.24) is 14.8 Å². The normalized spacial score (nSPS) is 10.7. The molecule has 0 bridgehead atoms. The number of alkyl halides is 1. The Labute approximate surface area is 111 Å². The molecule has 0 aliphatic rings. The van der Waals surface area contributed by atoms with Gasteiger partial charge in [-0.3, -0.25) is 0 Å². The SMILES string of the molecule is CCn1c(CBr)nnc1-c1ccc(Br)cc1. The van der Waals surface area contributed by atoms with Gasteiger partial charge in [0, 0.05) is 16.6 Å². The van der Waals surface area contributed by atoms with Crippen molar-refractivity contribution >= 4 is 31.9 Å². The maximum absolute atomic E-state index is 4.23. The van der Waals surface area contributed by atoms with Gasteiger partial charge in [-0.2, -0.15) is 0 Å². The minimum atomic E-state index is 0.727. The topological polar surface area (TPSA) is 30.7 Å². The predicted octanol–water partition coefficient (Wildman–Crippen LogP) is 3.62. The molecule has 0 saturated carbocycles. The van der Waals surface area contributed by atoms with Crippen LogP contribution >= 0.6 is 31.9 Å². The van der Waals surface area contributed by atoms with Gasteiger partial charge in [-0.15, -0.1) is 10.2 Å². The number of nitrogens with zero attached hydrogens (tertiary/aromatic N) is 3. The maximum Gasteiger partial charge on any atom is 0.163 e. The highest BCUT2D eigenvalue weighted by Gasteiger charge is 2.10. The molecule has 0 atom stereocenters. The standard InChI is InChI=1S/C11H11Br2N3/c1-2-16-10(7-12)14-15-11(16)8-3-5-9(13)6-4-8/h3-6H,2,7H2,1H3. The van der Waals surface area contributed by atoms with Gasteiger partial charge in [-0.25, -0.2) is 0 Å². The first kappa shape index (κ1) is 11.8. The summed E-state index contributed by atoms with van der Waals surface area (Å²) in [6.45, 7) is 2.97. The smallest absolute Gasteiger partial charge is 0.163 e. The number of benzene rings is 1. The van der Waals surface area contributed by atoms with Crippen molar-refractivity contribution in [2.75, 3.05) is 0 Å². The van der Waals surface area contributed by atoms with E-state index in [1.165, 1.54) is 0 Å². The van der Waals surface area contributed by atoms with E-state index in [0.717, 1.165) is 33.6 Å². The zero-order valence-electron chi connectivity index (χ0n) is 8.82. The molecule has 3 nitrogen and oxygen atoms in total. The largest absolute Gasteiger partial charge is 0.311 e. The van der Waals surface area contributed by atoms with Crippen molar-refractivity contribution < 1.29 is 0 Å². The third-order valence-corrected chi connectivity index (χ3v) is 3.40. The van der Waals surface area contributed by atoms with Crippen molar-refractivity contribution in [3.63, 3.8) is 0 Å². The number of rotatable bonds is 3. The zero-order valence-corrected chi connectivity index (χ0v) is 12.0. The highest BCUT2D eigenvalue weighted by atomic mass is 79.9. The van der Waals surface area contributed by atoms with E-state index >= 15 is 0 Å². The van der Waals surface area contributed by atoms with Crippen molar-refractivity contribution in [2.24, 2.45) is 0 Å².